The van der Waals surface area contributed by atoms with E-state index in [0.717, 1.165) is 48.0 Å². The van der Waals surface area contributed by atoms with Gasteiger partial charge in [0.25, 0.3) is 0 Å². The third kappa shape index (κ3) is 3.09. The van der Waals surface area contributed by atoms with Gasteiger partial charge in [-0.3, -0.25) is 0 Å². The lowest BCUT2D eigenvalue weighted by atomic mass is 9.89. The molecule has 1 aromatic carbocycles. The average molecular weight is 367 g/mol. The van der Waals surface area contributed by atoms with Crippen molar-refractivity contribution in [3.8, 4) is 11.1 Å². The highest BCUT2D eigenvalue weighted by molar-refractivity contribution is 5.73. The second-order valence-electron chi connectivity index (χ2n) is 8.19. The number of anilines is 2. The summed E-state index contributed by atoms with van der Waals surface area (Å²) < 4.78 is 5.71. The predicted molar refractivity (Wildman–Crippen MR) is 109 cm³/mol. The summed E-state index contributed by atoms with van der Waals surface area (Å²) in [4.78, 5) is 4.98. The average Bonchev–Trinajstić information content (AvgIpc) is 3.29. The highest BCUT2D eigenvalue weighted by Gasteiger charge is 2.64. The number of nitrogen functional groups attached to an aromatic ring is 1. The molecule has 1 saturated heterocycles. The summed E-state index contributed by atoms with van der Waals surface area (Å²) >= 11 is 0. The Morgan fingerprint density at radius 3 is 2.93 bits per heavy atom. The molecular formula is C22H29N3O2. The first-order valence-electron chi connectivity index (χ1n) is 9.80. The fourth-order valence-electron chi connectivity index (χ4n) is 4.68. The minimum absolute atomic E-state index is 0.0536. The fourth-order valence-corrected chi connectivity index (χ4v) is 4.68. The van der Waals surface area contributed by atoms with Crippen LogP contribution in [0.5, 0.6) is 0 Å². The molecule has 5 heteroatoms. The molecule has 4 atom stereocenters. The molecule has 1 aromatic heterocycles. The first-order valence-corrected chi connectivity index (χ1v) is 9.80. The summed E-state index contributed by atoms with van der Waals surface area (Å²) in [5, 5.41) is 12.8. The first kappa shape index (κ1) is 18.3. The van der Waals surface area contributed by atoms with Crippen LogP contribution in [0.3, 0.4) is 0 Å². The van der Waals surface area contributed by atoms with Crippen molar-refractivity contribution >= 4 is 11.5 Å². The second kappa shape index (κ2) is 6.80. The van der Waals surface area contributed by atoms with Crippen LogP contribution in [0.15, 0.2) is 30.3 Å². The Hall–Kier alpha value is -2.11. The van der Waals surface area contributed by atoms with Gasteiger partial charge < -0.3 is 20.9 Å². The van der Waals surface area contributed by atoms with E-state index in [1.807, 2.05) is 19.1 Å². The SMILES string of the molecule is Cc1ccc(N)cc1-c1cc(N[C@H](C)CO)nc([C@@]23CCOC[C@@H]2[C@@H]3C)c1. The normalized spacial score (nSPS) is 27.7. The number of rotatable bonds is 5. The Labute approximate surface area is 161 Å². The van der Waals surface area contributed by atoms with Crippen molar-refractivity contribution in [3.05, 3.63) is 41.6 Å². The number of pyridine rings is 1. The zero-order valence-electron chi connectivity index (χ0n) is 16.3. The van der Waals surface area contributed by atoms with E-state index in [1.54, 1.807) is 0 Å². The minimum Gasteiger partial charge on any atom is -0.399 e. The smallest absolute Gasteiger partial charge is 0.127 e. The lowest BCUT2D eigenvalue weighted by Gasteiger charge is -2.24. The van der Waals surface area contributed by atoms with Crippen LogP contribution >= 0.6 is 0 Å². The Bertz CT molecular complexity index is 853. The van der Waals surface area contributed by atoms with E-state index in [4.69, 9.17) is 15.5 Å². The Morgan fingerprint density at radius 1 is 1.37 bits per heavy atom. The number of aliphatic hydroxyl groups is 1. The maximum absolute atomic E-state index is 9.46. The van der Waals surface area contributed by atoms with Crippen molar-refractivity contribution in [2.24, 2.45) is 11.8 Å². The topological polar surface area (TPSA) is 80.4 Å². The molecule has 5 nitrogen and oxygen atoms in total. The van der Waals surface area contributed by atoms with Crippen LogP contribution in [-0.4, -0.2) is 36.0 Å². The summed E-state index contributed by atoms with van der Waals surface area (Å²) in [6.07, 6.45) is 1.01. The van der Waals surface area contributed by atoms with Gasteiger partial charge in [0.05, 0.1) is 18.9 Å². The minimum atomic E-state index is -0.0536. The van der Waals surface area contributed by atoms with Crippen LogP contribution in [0.2, 0.25) is 0 Å². The molecule has 0 amide bonds. The maximum atomic E-state index is 9.46. The quantitative estimate of drug-likeness (QED) is 0.706. The van der Waals surface area contributed by atoms with Crippen molar-refractivity contribution in [2.75, 3.05) is 30.9 Å². The molecule has 1 saturated carbocycles. The molecule has 0 bridgehead atoms. The van der Waals surface area contributed by atoms with Crippen molar-refractivity contribution in [1.29, 1.82) is 0 Å². The number of aliphatic hydroxyl groups excluding tert-OH is 1. The van der Waals surface area contributed by atoms with Crippen molar-refractivity contribution in [3.63, 3.8) is 0 Å². The molecule has 1 aliphatic heterocycles. The van der Waals surface area contributed by atoms with Crippen LogP contribution in [-0.2, 0) is 10.2 Å². The van der Waals surface area contributed by atoms with Gasteiger partial charge in [0.2, 0.25) is 0 Å². The number of fused-ring (bicyclic) bond motifs is 1. The summed E-state index contributed by atoms with van der Waals surface area (Å²) in [6, 6.07) is 10.3. The molecule has 4 N–H and O–H groups in total. The van der Waals surface area contributed by atoms with Gasteiger partial charge >= 0.3 is 0 Å². The second-order valence-corrected chi connectivity index (χ2v) is 8.19. The molecule has 2 heterocycles. The van der Waals surface area contributed by atoms with Gasteiger partial charge in [-0.2, -0.15) is 0 Å². The Morgan fingerprint density at radius 2 is 2.19 bits per heavy atom. The largest absolute Gasteiger partial charge is 0.399 e. The molecular weight excluding hydrogens is 338 g/mol. The lowest BCUT2D eigenvalue weighted by molar-refractivity contribution is 0.0793. The van der Waals surface area contributed by atoms with Crippen molar-refractivity contribution in [1.82, 2.24) is 4.98 Å². The van der Waals surface area contributed by atoms with E-state index in [1.165, 1.54) is 5.56 Å². The molecule has 4 rings (SSSR count). The first-order chi connectivity index (χ1) is 13.0. The molecule has 2 fully saturated rings. The number of hydrogen-bond acceptors (Lipinski definition) is 5. The molecule has 2 aromatic rings. The summed E-state index contributed by atoms with van der Waals surface area (Å²) in [7, 11) is 0. The van der Waals surface area contributed by atoms with Crippen LogP contribution in [0, 0.1) is 18.8 Å². The number of nitrogens with zero attached hydrogens (tertiary/aromatic N) is 1. The van der Waals surface area contributed by atoms with E-state index in [0.29, 0.717) is 11.8 Å². The number of ether oxygens (including phenoxy) is 1. The van der Waals surface area contributed by atoms with Crippen LogP contribution < -0.4 is 11.1 Å². The van der Waals surface area contributed by atoms with Crippen LogP contribution in [0.1, 0.15) is 31.5 Å². The van der Waals surface area contributed by atoms with E-state index in [-0.39, 0.29) is 18.1 Å². The van der Waals surface area contributed by atoms with E-state index in [9.17, 15) is 5.11 Å². The fraction of sp³-hybridized carbons (Fsp3) is 0.500. The third-order valence-electron chi connectivity index (χ3n) is 6.47. The van der Waals surface area contributed by atoms with Gasteiger partial charge in [-0.05, 0) is 73.1 Å². The standard InChI is InChI=1S/C22H29N3O2/c1-13-4-5-17(23)10-18(13)16-8-20(25-21(9-16)24-14(2)11-26)22-6-7-27-12-19(22)15(22)3/h4-5,8-10,14-15,19,26H,6-7,11-12,23H2,1-3H3,(H,24,25)/t14-,15+,19-,22-/m1/s1. The van der Waals surface area contributed by atoms with E-state index < -0.39 is 0 Å². The van der Waals surface area contributed by atoms with E-state index >= 15 is 0 Å². The Balaban J connectivity index is 1.82. The van der Waals surface area contributed by atoms with Gasteiger partial charge in [-0.1, -0.05) is 13.0 Å². The monoisotopic (exact) mass is 367 g/mol. The zero-order valence-corrected chi connectivity index (χ0v) is 16.3. The molecule has 144 valence electrons. The number of nitrogens with one attached hydrogen (secondary N) is 1. The zero-order chi connectivity index (χ0) is 19.2. The van der Waals surface area contributed by atoms with Crippen LogP contribution in [0.4, 0.5) is 11.5 Å². The van der Waals surface area contributed by atoms with Crippen LogP contribution in [0.25, 0.3) is 11.1 Å². The highest BCUT2D eigenvalue weighted by Crippen LogP contribution is 2.63. The predicted octanol–water partition coefficient (Wildman–Crippen LogP) is 3.36. The van der Waals surface area contributed by atoms with Gasteiger partial charge in [0.15, 0.2) is 0 Å². The molecule has 0 radical (unpaired) electrons. The molecule has 27 heavy (non-hydrogen) atoms. The van der Waals surface area contributed by atoms with Gasteiger partial charge in [-0.15, -0.1) is 0 Å². The number of aromatic nitrogens is 1. The summed E-state index contributed by atoms with van der Waals surface area (Å²) in [5.41, 5.74) is 11.5. The molecule has 2 aliphatic rings. The third-order valence-corrected chi connectivity index (χ3v) is 6.47. The van der Waals surface area contributed by atoms with Crippen molar-refractivity contribution in [2.45, 2.75) is 38.6 Å². The van der Waals surface area contributed by atoms with E-state index in [2.05, 4.69) is 37.4 Å². The Kier molecular flexibility index (Phi) is 4.60. The van der Waals surface area contributed by atoms with Crippen molar-refractivity contribution < 1.29 is 9.84 Å². The van der Waals surface area contributed by atoms with Gasteiger partial charge in [0.1, 0.15) is 5.82 Å². The molecule has 0 spiro atoms. The molecule has 1 aliphatic carbocycles. The molecule has 0 unspecified atom stereocenters. The summed E-state index contributed by atoms with van der Waals surface area (Å²) in [6.45, 7) is 8.04. The van der Waals surface area contributed by atoms with Gasteiger partial charge in [0, 0.05) is 23.8 Å². The summed E-state index contributed by atoms with van der Waals surface area (Å²) in [5.74, 6) is 1.93. The highest BCUT2D eigenvalue weighted by atomic mass is 16.5. The number of nitrogens with two attached hydrogens (primary N) is 1. The van der Waals surface area contributed by atoms with Gasteiger partial charge in [-0.25, -0.2) is 4.98 Å². The number of benzene rings is 1. The lowest BCUT2D eigenvalue weighted by Crippen LogP contribution is -2.25. The maximum Gasteiger partial charge on any atom is 0.127 e. The number of aryl methyl sites for hydroxylation is 1. The number of hydrogen-bond donors (Lipinski definition) is 3.